The molecule has 0 radical (unpaired) electrons. The molecule has 0 aliphatic heterocycles. The Morgan fingerprint density at radius 2 is 2.21 bits per heavy atom. The summed E-state index contributed by atoms with van der Waals surface area (Å²) in [6, 6.07) is 6.31. The summed E-state index contributed by atoms with van der Waals surface area (Å²) in [7, 11) is 0. The van der Waals surface area contributed by atoms with Crippen molar-refractivity contribution in [1.29, 1.82) is 0 Å². The molecule has 3 N–H and O–H groups in total. The first-order valence-electron chi connectivity index (χ1n) is 6.50. The second-order valence-electron chi connectivity index (χ2n) is 4.18. The molecule has 0 aliphatic carbocycles. The van der Waals surface area contributed by atoms with E-state index in [0.29, 0.717) is 11.6 Å². The van der Waals surface area contributed by atoms with Crippen LogP contribution < -0.4 is 11.1 Å². The van der Waals surface area contributed by atoms with Crippen molar-refractivity contribution < 1.29 is 4.74 Å². The molecule has 1 aromatic rings. The predicted octanol–water partition coefficient (Wildman–Crippen LogP) is 3.27. The van der Waals surface area contributed by atoms with Crippen molar-refractivity contribution in [2.75, 3.05) is 24.3 Å². The minimum atomic E-state index is 0.218. The van der Waals surface area contributed by atoms with Crippen LogP contribution in [0.2, 0.25) is 0 Å². The highest BCUT2D eigenvalue weighted by Crippen LogP contribution is 2.28. The minimum absolute atomic E-state index is 0.218. The molecule has 1 atom stereocenters. The second kappa shape index (κ2) is 8.40. The smallest absolute Gasteiger partial charge is 0.107 e. The Morgan fingerprint density at radius 3 is 2.79 bits per heavy atom. The Morgan fingerprint density at radius 1 is 1.47 bits per heavy atom. The van der Waals surface area contributed by atoms with E-state index in [-0.39, 0.29) is 6.04 Å². The average molecular weight is 298 g/mol. The Balaban J connectivity index is 2.93. The van der Waals surface area contributed by atoms with Crippen molar-refractivity contribution in [3.05, 3.63) is 23.8 Å². The third kappa shape index (κ3) is 5.01. The standard InChI is InChI=1S/C14H22N2OS2/c1-4-17-9-10(3)16-11-7-6-8-12(19-5-2)13(11)14(15)18/h6-8,10,16H,4-5,9H2,1-3H3,(H2,15,18). The fourth-order valence-electron chi connectivity index (χ4n) is 1.78. The van der Waals surface area contributed by atoms with E-state index in [0.717, 1.165) is 28.5 Å². The highest BCUT2D eigenvalue weighted by atomic mass is 32.2. The van der Waals surface area contributed by atoms with Crippen molar-refractivity contribution in [3.63, 3.8) is 0 Å². The minimum Gasteiger partial charge on any atom is -0.389 e. The molecule has 0 bridgehead atoms. The summed E-state index contributed by atoms with van der Waals surface area (Å²) in [4.78, 5) is 1.56. The summed E-state index contributed by atoms with van der Waals surface area (Å²) >= 11 is 6.94. The summed E-state index contributed by atoms with van der Waals surface area (Å²) in [6.45, 7) is 7.58. The number of hydrogen-bond donors (Lipinski definition) is 2. The van der Waals surface area contributed by atoms with Crippen LogP contribution >= 0.6 is 24.0 Å². The molecule has 0 fully saturated rings. The maximum absolute atomic E-state index is 5.87. The van der Waals surface area contributed by atoms with Gasteiger partial charge in [0.25, 0.3) is 0 Å². The Hall–Kier alpha value is -0.780. The molecule has 3 nitrogen and oxygen atoms in total. The van der Waals surface area contributed by atoms with E-state index >= 15 is 0 Å². The molecular formula is C14H22N2OS2. The van der Waals surface area contributed by atoms with Crippen molar-refractivity contribution in [3.8, 4) is 0 Å². The lowest BCUT2D eigenvalue weighted by Crippen LogP contribution is -2.24. The van der Waals surface area contributed by atoms with Gasteiger partial charge in [0.15, 0.2) is 0 Å². The van der Waals surface area contributed by atoms with E-state index in [1.165, 1.54) is 0 Å². The zero-order chi connectivity index (χ0) is 14.3. The van der Waals surface area contributed by atoms with Gasteiger partial charge in [0.2, 0.25) is 0 Å². The molecule has 0 saturated carbocycles. The van der Waals surface area contributed by atoms with E-state index in [9.17, 15) is 0 Å². The monoisotopic (exact) mass is 298 g/mol. The number of benzene rings is 1. The molecule has 106 valence electrons. The fourth-order valence-corrected chi connectivity index (χ4v) is 2.92. The SMILES string of the molecule is CCOCC(C)Nc1cccc(SCC)c1C(N)=S. The first kappa shape index (κ1) is 16.3. The van der Waals surface area contributed by atoms with Gasteiger partial charge < -0.3 is 15.8 Å². The van der Waals surface area contributed by atoms with Gasteiger partial charge in [0.05, 0.1) is 6.61 Å². The van der Waals surface area contributed by atoms with E-state index < -0.39 is 0 Å². The molecule has 0 aliphatic rings. The van der Waals surface area contributed by atoms with Gasteiger partial charge in [0, 0.05) is 28.8 Å². The molecule has 0 saturated heterocycles. The van der Waals surface area contributed by atoms with Crippen molar-refractivity contribution in [1.82, 2.24) is 0 Å². The number of nitrogens with two attached hydrogens (primary N) is 1. The van der Waals surface area contributed by atoms with Crippen molar-refractivity contribution in [2.24, 2.45) is 5.73 Å². The van der Waals surface area contributed by atoms with Crippen LogP contribution in [0.5, 0.6) is 0 Å². The number of ether oxygens (including phenoxy) is 1. The van der Waals surface area contributed by atoms with E-state index in [4.69, 9.17) is 22.7 Å². The highest BCUT2D eigenvalue weighted by molar-refractivity contribution is 7.99. The maximum Gasteiger partial charge on any atom is 0.107 e. The summed E-state index contributed by atoms with van der Waals surface area (Å²) in [5.41, 5.74) is 7.79. The van der Waals surface area contributed by atoms with Crippen LogP contribution in [0.15, 0.2) is 23.1 Å². The molecule has 1 aromatic carbocycles. The number of hydrogen-bond acceptors (Lipinski definition) is 4. The van der Waals surface area contributed by atoms with Gasteiger partial charge in [-0.25, -0.2) is 0 Å². The number of thioether (sulfide) groups is 1. The molecule has 19 heavy (non-hydrogen) atoms. The van der Waals surface area contributed by atoms with Crippen molar-refractivity contribution in [2.45, 2.75) is 31.7 Å². The first-order valence-corrected chi connectivity index (χ1v) is 7.89. The third-order valence-electron chi connectivity index (χ3n) is 2.55. The zero-order valence-corrected chi connectivity index (χ0v) is 13.4. The Labute approximate surface area is 125 Å². The zero-order valence-electron chi connectivity index (χ0n) is 11.7. The topological polar surface area (TPSA) is 47.3 Å². The molecule has 0 aromatic heterocycles. The number of anilines is 1. The molecule has 0 amide bonds. The van der Waals surface area contributed by atoms with Gasteiger partial charge in [-0.15, -0.1) is 11.8 Å². The second-order valence-corrected chi connectivity index (χ2v) is 5.93. The van der Waals surface area contributed by atoms with Gasteiger partial charge in [-0.1, -0.05) is 25.2 Å². The molecule has 0 heterocycles. The number of rotatable bonds is 8. The lowest BCUT2D eigenvalue weighted by molar-refractivity contribution is 0.141. The van der Waals surface area contributed by atoms with Crippen LogP contribution in [-0.2, 0) is 4.74 Å². The highest BCUT2D eigenvalue weighted by Gasteiger charge is 2.13. The van der Waals surface area contributed by atoms with E-state index in [1.54, 1.807) is 11.8 Å². The maximum atomic E-state index is 5.87. The lowest BCUT2D eigenvalue weighted by atomic mass is 10.1. The van der Waals surface area contributed by atoms with Crippen LogP contribution in [0, 0.1) is 0 Å². The van der Waals surface area contributed by atoms with E-state index in [1.807, 2.05) is 19.1 Å². The lowest BCUT2D eigenvalue weighted by Gasteiger charge is -2.19. The molecule has 0 spiro atoms. The Bertz CT molecular complexity index is 424. The van der Waals surface area contributed by atoms with Gasteiger partial charge in [0.1, 0.15) is 4.99 Å². The van der Waals surface area contributed by atoms with Crippen LogP contribution in [0.4, 0.5) is 5.69 Å². The predicted molar refractivity (Wildman–Crippen MR) is 88.3 cm³/mol. The largest absolute Gasteiger partial charge is 0.389 e. The molecule has 5 heteroatoms. The molecule has 1 rings (SSSR count). The van der Waals surface area contributed by atoms with Gasteiger partial charge in [-0.05, 0) is 31.7 Å². The summed E-state index contributed by atoms with van der Waals surface area (Å²) in [5.74, 6) is 0.994. The molecular weight excluding hydrogens is 276 g/mol. The van der Waals surface area contributed by atoms with Crippen LogP contribution in [0.1, 0.15) is 26.3 Å². The van der Waals surface area contributed by atoms with Crippen LogP contribution in [-0.4, -0.2) is 30.0 Å². The fraction of sp³-hybridized carbons (Fsp3) is 0.500. The normalized spacial score (nSPS) is 12.2. The quantitative estimate of drug-likeness (QED) is 0.570. The van der Waals surface area contributed by atoms with Crippen molar-refractivity contribution >= 4 is 34.7 Å². The van der Waals surface area contributed by atoms with E-state index in [2.05, 4.69) is 25.2 Å². The van der Waals surface area contributed by atoms with Crippen LogP contribution in [0.3, 0.4) is 0 Å². The third-order valence-corrected chi connectivity index (χ3v) is 3.69. The summed E-state index contributed by atoms with van der Waals surface area (Å²) < 4.78 is 5.41. The van der Waals surface area contributed by atoms with Gasteiger partial charge >= 0.3 is 0 Å². The van der Waals surface area contributed by atoms with Gasteiger partial charge in [-0.2, -0.15) is 0 Å². The van der Waals surface area contributed by atoms with Crippen LogP contribution in [0.25, 0.3) is 0 Å². The number of nitrogens with one attached hydrogen (secondary N) is 1. The molecule has 1 unspecified atom stereocenters. The number of thiocarbonyl (C=S) groups is 1. The Kier molecular flexibility index (Phi) is 7.20. The summed E-state index contributed by atoms with van der Waals surface area (Å²) in [5, 5.41) is 3.42. The first-order chi connectivity index (χ1) is 9.10. The summed E-state index contributed by atoms with van der Waals surface area (Å²) in [6.07, 6.45) is 0. The van der Waals surface area contributed by atoms with Gasteiger partial charge in [-0.3, -0.25) is 0 Å². The average Bonchev–Trinajstić information content (AvgIpc) is 2.36.